The summed E-state index contributed by atoms with van der Waals surface area (Å²) in [6.45, 7) is 0.229. The van der Waals surface area contributed by atoms with Crippen LogP contribution in [0.4, 0.5) is 0 Å². The normalized spacial score (nSPS) is 20.1. The van der Waals surface area contributed by atoms with E-state index in [1.807, 2.05) is 42.5 Å². The summed E-state index contributed by atoms with van der Waals surface area (Å²) in [4.78, 5) is 76.5. The van der Waals surface area contributed by atoms with Crippen molar-refractivity contribution in [3.05, 3.63) is 77.9 Å². The van der Waals surface area contributed by atoms with Gasteiger partial charge in [-0.15, -0.1) is 0 Å². The summed E-state index contributed by atoms with van der Waals surface area (Å²) in [6.07, 6.45) is 0.692. The number of nitrogens with zero attached hydrogens (tertiary/aromatic N) is 2. The van der Waals surface area contributed by atoms with Gasteiger partial charge in [-0.25, -0.2) is 0 Å². The van der Waals surface area contributed by atoms with Gasteiger partial charge in [0.2, 0.25) is 29.5 Å². The van der Waals surface area contributed by atoms with Crippen LogP contribution in [-0.2, 0) is 36.8 Å². The van der Waals surface area contributed by atoms with Crippen molar-refractivity contribution in [1.82, 2.24) is 26.6 Å². The molecule has 3 aromatic carbocycles. The largest absolute Gasteiger partial charge is 0.508 e. The van der Waals surface area contributed by atoms with Gasteiger partial charge in [-0.05, 0) is 59.7 Å². The Morgan fingerprint density at radius 3 is 1.70 bits per heavy atom. The Bertz CT molecular complexity index is 1840. The van der Waals surface area contributed by atoms with E-state index in [1.54, 1.807) is 12.1 Å². The van der Waals surface area contributed by atoms with Gasteiger partial charge in [0.25, 0.3) is 0 Å². The molecular weight excluding hydrogens is 694 g/mol. The Balaban J connectivity index is 1.66. The highest BCUT2D eigenvalue weighted by Crippen LogP contribution is 2.17. The molecular formula is C37H49N11O6. The van der Waals surface area contributed by atoms with Crippen LogP contribution in [0.15, 0.2) is 76.7 Å². The van der Waals surface area contributed by atoms with Crippen LogP contribution in [-0.4, -0.2) is 90.4 Å². The number of phenolic OH excluding ortho intramolecular Hbond substituents is 1. The average Bonchev–Trinajstić information content (AvgIpc) is 3.13. The molecule has 288 valence electrons. The number of aliphatic imine (C=N–C) groups is 2. The third-order valence-electron chi connectivity index (χ3n) is 8.72. The fraction of sp³-hybridized carbons (Fsp3) is 0.378. The summed E-state index contributed by atoms with van der Waals surface area (Å²) in [7, 11) is 0. The van der Waals surface area contributed by atoms with Gasteiger partial charge in [0.1, 0.15) is 29.9 Å². The van der Waals surface area contributed by atoms with E-state index in [0.29, 0.717) is 5.56 Å². The Morgan fingerprint density at radius 2 is 1.11 bits per heavy atom. The predicted molar refractivity (Wildman–Crippen MR) is 205 cm³/mol. The van der Waals surface area contributed by atoms with Crippen molar-refractivity contribution in [2.75, 3.05) is 19.6 Å². The van der Waals surface area contributed by atoms with Crippen molar-refractivity contribution in [1.29, 1.82) is 0 Å². The lowest BCUT2D eigenvalue weighted by molar-refractivity contribution is -0.135. The van der Waals surface area contributed by atoms with Crippen LogP contribution in [0.2, 0.25) is 0 Å². The maximum absolute atomic E-state index is 14.0. The van der Waals surface area contributed by atoms with E-state index in [0.717, 1.165) is 16.3 Å². The highest BCUT2D eigenvalue weighted by atomic mass is 16.3. The lowest BCUT2D eigenvalue weighted by atomic mass is 10.00. The van der Waals surface area contributed by atoms with E-state index in [-0.39, 0.29) is 82.2 Å². The number of carbonyl (C=O) groups excluding carboxylic acids is 5. The molecule has 0 spiro atoms. The minimum Gasteiger partial charge on any atom is -0.508 e. The van der Waals surface area contributed by atoms with Gasteiger partial charge < -0.3 is 54.6 Å². The molecule has 1 aliphatic heterocycles. The number of nitrogens with one attached hydrogen (secondary N) is 5. The van der Waals surface area contributed by atoms with Crippen LogP contribution < -0.4 is 49.5 Å². The quantitative estimate of drug-likeness (QED) is 0.0607. The summed E-state index contributed by atoms with van der Waals surface area (Å²) in [5, 5.41) is 25.4. The second-order valence-corrected chi connectivity index (χ2v) is 13.0. The van der Waals surface area contributed by atoms with Crippen molar-refractivity contribution < 1.29 is 29.1 Å². The maximum Gasteiger partial charge on any atom is 0.243 e. The standard InChI is InChI=1S/C37H49N11O6/c38-36(39)43-16-3-7-27-33(52)46-28(8-4-17-44-37(40)41)34(53)48-29(20-22-10-13-26(49)14-11-22)32(51)42-18-15-31(50)45-30(35(54)47-27)21-23-9-12-24-5-1-2-6-25(24)19-23/h1-2,5-6,9-14,19,27-30,49H,3-4,7-8,15-18,20-21H2,(H,42,51)(H,45,50)(H,46,52)(H,47,54)(H,48,53)(H4,38,39,43)(H4,40,41,44). The van der Waals surface area contributed by atoms with E-state index < -0.39 is 53.7 Å². The molecule has 17 heteroatoms. The first-order chi connectivity index (χ1) is 25.9. The second kappa shape index (κ2) is 20.0. The molecule has 4 rings (SSSR count). The Kier molecular flexibility index (Phi) is 15.0. The fourth-order valence-electron chi connectivity index (χ4n) is 5.94. The smallest absolute Gasteiger partial charge is 0.243 e. The zero-order valence-electron chi connectivity index (χ0n) is 29.9. The van der Waals surface area contributed by atoms with Gasteiger partial charge in [0.05, 0.1) is 0 Å². The number of fused-ring (bicyclic) bond motifs is 1. The summed E-state index contributed by atoms with van der Waals surface area (Å²) in [6, 6.07) is 15.0. The summed E-state index contributed by atoms with van der Waals surface area (Å²) < 4.78 is 0. The molecule has 3 aromatic rings. The van der Waals surface area contributed by atoms with Gasteiger partial charge in [-0.3, -0.25) is 34.0 Å². The zero-order valence-corrected chi connectivity index (χ0v) is 29.9. The predicted octanol–water partition coefficient (Wildman–Crippen LogP) is -1.10. The molecule has 1 saturated heterocycles. The van der Waals surface area contributed by atoms with Gasteiger partial charge in [-0.1, -0.05) is 54.6 Å². The highest BCUT2D eigenvalue weighted by molar-refractivity contribution is 5.96. The van der Waals surface area contributed by atoms with Crippen molar-refractivity contribution >= 4 is 52.2 Å². The molecule has 1 aliphatic rings. The van der Waals surface area contributed by atoms with Crippen molar-refractivity contribution in [2.24, 2.45) is 32.9 Å². The van der Waals surface area contributed by atoms with E-state index in [9.17, 15) is 29.1 Å². The molecule has 17 nitrogen and oxygen atoms in total. The minimum atomic E-state index is -1.17. The molecule has 4 atom stereocenters. The number of hydrogen-bond acceptors (Lipinski definition) is 8. The molecule has 54 heavy (non-hydrogen) atoms. The molecule has 4 unspecified atom stereocenters. The van der Waals surface area contributed by atoms with E-state index in [4.69, 9.17) is 22.9 Å². The molecule has 1 fully saturated rings. The number of aromatic hydroxyl groups is 1. The van der Waals surface area contributed by atoms with Crippen LogP contribution in [0, 0.1) is 0 Å². The topological polar surface area (TPSA) is 295 Å². The number of benzene rings is 3. The third kappa shape index (κ3) is 13.0. The molecule has 1 heterocycles. The number of carbonyl (C=O) groups is 5. The Labute approximate surface area is 312 Å². The molecule has 5 amide bonds. The van der Waals surface area contributed by atoms with Gasteiger partial charge in [0.15, 0.2) is 11.9 Å². The SMILES string of the molecule is NC(N)=NCCCC1NC(=O)C(Cc2ccc3ccccc3c2)NC(=O)CCNC(=O)C(Cc2ccc(O)cc2)NC(=O)C(CCCN=C(N)N)NC1=O. The molecule has 14 N–H and O–H groups in total. The molecule has 0 aliphatic carbocycles. The number of guanidine groups is 2. The van der Waals surface area contributed by atoms with Crippen molar-refractivity contribution in [2.45, 2.75) is 69.1 Å². The van der Waals surface area contributed by atoms with Gasteiger partial charge in [0, 0.05) is 38.9 Å². The lowest BCUT2D eigenvalue weighted by Gasteiger charge is -2.27. The number of nitrogens with two attached hydrogens (primary N) is 4. The van der Waals surface area contributed by atoms with Gasteiger partial charge in [-0.2, -0.15) is 0 Å². The minimum absolute atomic E-state index is 0.0265. The fourth-order valence-corrected chi connectivity index (χ4v) is 5.94. The van der Waals surface area contributed by atoms with Crippen LogP contribution in [0.25, 0.3) is 10.8 Å². The van der Waals surface area contributed by atoms with Crippen LogP contribution in [0.1, 0.15) is 43.2 Å². The number of hydrogen-bond donors (Lipinski definition) is 10. The van der Waals surface area contributed by atoms with E-state index in [1.165, 1.54) is 12.1 Å². The zero-order chi connectivity index (χ0) is 39.0. The first-order valence-corrected chi connectivity index (χ1v) is 17.7. The average molecular weight is 744 g/mol. The van der Waals surface area contributed by atoms with Gasteiger partial charge >= 0.3 is 0 Å². The van der Waals surface area contributed by atoms with Crippen molar-refractivity contribution in [3.8, 4) is 5.75 Å². The van der Waals surface area contributed by atoms with E-state index in [2.05, 4.69) is 36.6 Å². The number of phenols is 1. The third-order valence-corrected chi connectivity index (χ3v) is 8.72. The Morgan fingerprint density at radius 1 is 0.611 bits per heavy atom. The Hall–Kier alpha value is -6.39. The summed E-state index contributed by atoms with van der Waals surface area (Å²) in [5.41, 5.74) is 23.3. The van der Waals surface area contributed by atoms with E-state index >= 15 is 0 Å². The number of rotatable bonds is 12. The first kappa shape index (κ1) is 40.4. The molecule has 0 radical (unpaired) electrons. The second-order valence-electron chi connectivity index (χ2n) is 13.0. The molecule has 0 bridgehead atoms. The van der Waals surface area contributed by atoms with Crippen molar-refractivity contribution in [3.63, 3.8) is 0 Å². The monoisotopic (exact) mass is 743 g/mol. The maximum atomic E-state index is 14.0. The van der Waals surface area contributed by atoms with Crippen LogP contribution in [0.3, 0.4) is 0 Å². The van der Waals surface area contributed by atoms with Crippen LogP contribution in [0.5, 0.6) is 5.75 Å². The molecule has 0 aromatic heterocycles. The summed E-state index contributed by atoms with van der Waals surface area (Å²) in [5.74, 6) is -3.32. The number of amides is 5. The lowest BCUT2D eigenvalue weighted by Crippen LogP contribution is -2.59. The highest BCUT2D eigenvalue weighted by Gasteiger charge is 2.32. The first-order valence-electron chi connectivity index (χ1n) is 17.7. The molecule has 0 saturated carbocycles. The summed E-state index contributed by atoms with van der Waals surface area (Å²) >= 11 is 0. The van der Waals surface area contributed by atoms with Crippen LogP contribution >= 0.6 is 0 Å².